The topological polar surface area (TPSA) is 66.8 Å². The maximum Gasteiger partial charge on any atom is 0.345 e. The van der Waals surface area contributed by atoms with Crippen LogP contribution in [0.2, 0.25) is 5.02 Å². The van der Waals surface area contributed by atoms with Gasteiger partial charge >= 0.3 is 5.97 Å². The second-order valence-electron chi connectivity index (χ2n) is 4.50. The molecule has 0 atom stereocenters. The van der Waals surface area contributed by atoms with Crippen molar-refractivity contribution in [1.82, 2.24) is 4.57 Å². The minimum absolute atomic E-state index is 0.0600. The average Bonchev–Trinajstić information content (AvgIpc) is 2.91. The third kappa shape index (κ3) is 2.03. The fraction of sp³-hybridized carbons (Fsp3) is 0.286. The highest BCUT2D eigenvalue weighted by atomic mass is 35.5. The molecule has 0 saturated heterocycles. The Kier molecular flexibility index (Phi) is 3.25. The third-order valence-electron chi connectivity index (χ3n) is 3.31. The van der Waals surface area contributed by atoms with Gasteiger partial charge in [-0.05, 0) is 13.0 Å². The summed E-state index contributed by atoms with van der Waals surface area (Å²) in [7, 11) is 1.56. The van der Waals surface area contributed by atoms with E-state index in [1.165, 1.54) is 4.57 Å². The van der Waals surface area contributed by atoms with E-state index in [9.17, 15) is 9.59 Å². The molecule has 110 valence electrons. The summed E-state index contributed by atoms with van der Waals surface area (Å²) >= 11 is 6.24. The van der Waals surface area contributed by atoms with Crippen molar-refractivity contribution < 1.29 is 19.0 Å². The molecule has 0 amide bonds. The molecular weight excluding hydrogens is 298 g/mol. The van der Waals surface area contributed by atoms with Crippen LogP contribution in [0.1, 0.15) is 17.3 Å². The van der Waals surface area contributed by atoms with Crippen LogP contribution in [0, 0.1) is 0 Å². The van der Waals surface area contributed by atoms with Gasteiger partial charge in [0.1, 0.15) is 5.56 Å². The molecule has 1 aromatic heterocycles. The molecule has 0 unspecified atom stereocenters. The highest BCUT2D eigenvalue weighted by molar-refractivity contribution is 6.38. The first kappa shape index (κ1) is 13.8. The van der Waals surface area contributed by atoms with E-state index >= 15 is 0 Å². The Morgan fingerprint density at radius 2 is 2.05 bits per heavy atom. The van der Waals surface area contributed by atoms with Crippen molar-refractivity contribution >= 4 is 28.5 Å². The lowest BCUT2D eigenvalue weighted by atomic mass is 10.1. The van der Waals surface area contributed by atoms with Crippen LogP contribution in [0.3, 0.4) is 0 Å². The number of benzene rings is 1. The molecule has 0 spiro atoms. The fourth-order valence-electron chi connectivity index (χ4n) is 2.27. The van der Waals surface area contributed by atoms with Gasteiger partial charge in [-0.1, -0.05) is 11.6 Å². The summed E-state index contributed by atoms with van der Waals surface area (Å²) in [5, 5.41) is 0.593. The van der Waals surface area contributed by atoms with E-state index in [0.717, 1.165) is 0 Å². The summed E-state index contributed by atoms with van der Waals surface area (Å²) in [5.41, 5.74) is -0.125. The molecule has 0 bridgehead atoms. The Morgan fingerprint density at radius 1 is 1.38 bits per heavy atom. The van der Waals surface area contributed by atoms with E-state index in [1.54, 1.807) is 26.1 Å². The first-order chi connectivity index (χ1) is 10.0. The predicted octanol–water partition coefficient (Wildman–Crippen LogP) is 2.10. The molecule has 2 heterocycles. The number of pyridine rings is 1. The second kappa shape index (κ2) is 4.96. The van der Waals surface area contributed by atoms with Crippen LogP contribution >= 0.6 is 11.6 Å². The minimum Gasteiger partial charge on any atom is -0.462 e. The van der Waals surface area contributed by atoms with Crippen LogP contribution in [0.4, 0.5) is 0 Å². The summed E-state index contributed by atoms with van der Waals surface area (Å²) < 4.78 is 16.8. The first-order valence-electron chi connectivity index (χ1n) is 6.33. The van der Waals surface area contributed by atoms with Gasteiger partial charge in [0.25, 0.3) is 5.56 Å². The summed E-state index contributed by atoms with van der Waals surface area (Å²) in [6.07, 6.45) is 0. The van der Waals surface area contributed by atoms with Gasteiger partial charge in [-0.25, -0.2) is 4.79 Å². The monoisotopic (exact) mass is 309 g/mol. The summed E-state index contributed by atoms with van der Waals surface area (Å²) in [6, 6.07) is 3.32. The van der Waals surface area contributed by atoms with E-state index in [0.29, 0.717) is 22.4 Å². The molecule has 21 heavy (non-hydrogen) atoms. The molecule has 0 N–H and O–H groups in total. The average molecular weight is 310 g/mol. The fourth-order valence-corrected chi connectivity index (χ4v) is 2.58. The third-order valence-corrected chi connectivity index (χ3v) is 3.70. The van der Waals surface area contributed by atoms with Crippen LogP contribution in [0.15, 0.2) is 16.9 Å². The van der Waals surface area contributed by atoms with Crippen LogP contribution in [0.25, 0.3) is 10.9 Å². The zero-order chi connectivity index (χ0) is 15.1. The summed E-state index contributed by atoms with van der Waals surface area (Å²) in [6.45, 7) is 1.94. The number of rotatable bonds is 2. The van der Waals surface area contributed by atoms with Crippen LogP contribution in [-0.2, 0) is 11.8 Å². The number of nitrogens with zero attached hydrogens (tertiary/aromatic N) is 1. The Morgan fingerprint density at radius 3 is 2.71 bits per heavy atom. The maximum absolute atomic E-state index is 12.3. The number of ether oxygens (including phenoxy) is 3. The summed E-state index contributed by atoms with van der Waals surface area (Å²) in [4.78, 5) is 24.3. The van der Waals surface area contributed by atoms with Gasteiger partial charge in [-0.2, -0.15) is 0 Å². The SMILES string of the molecule is CCOC(=O)c1c(Cl)c2cc3c(cc2n(C)c1=O)OCO3. The van der Waals surface area contributed by atoms with Gasteiger partial charge in [0.15, 0.2) is 11.5 Å². The molecule has 0 saturated carbocycles. The van der Waals surface area contributed by atoms with E-state index in [4.69, 9.17) is 25.8 Å². The zero-order valence-electron chi connectivity index (χ0n) is 11.4. The molecule has 2 aromatic rings. The van der Waals surface area contributed by atoms with Gasteiger partial charge < -0.3 is 18.8 Å². The molecule has 0 radical (unpaired) electrons. The lowest BCUT2D eigenvalue weighted by molar-refractivity contribution is 0.0524. The van der Waals surface area contributed by atoms with Gasteiger partial charge in [-0.15, -0.1) is 0 Å². The number of esters is 1. The number of aryl methyl sites for hydroxylation is 1. The van der Waals surface area contributed by atoms with Crippen LogP contribution in [-0.4, -0.2) is 23.9 Å². The number of halogens is 1. The smallest absolute Gasteiger partial charge is 0.345 e. The minimum atomic E-state index is -0.734. The Hall–Kier alpha value is -2.21. The maximum atomic E-state index is 12.3. The normalized spacial score (nSPS) is 12.7. The number of fused-ring (bicyclic) bond motifs is 2. The molecule has 0 aliphatic carbocycles. The Balaban J connectivity index is 2.35. The van der Waals surface area contributed by atoms with Gasteiger partial charge in [0.2, 0.25) is 6.79 Å². The zero-order valence-corrected chi connectivity index (χ0v) is 12.2. The molecule has 1 aliphatic heterocycles. The molecule has 1 aromatic carbocycles. The quantitative estimate of drug-likeness (QED) is 0.795. The van der Waals surface area contributed by atoms with Crippen LogP contribution in [0.5, 0.6) is 11.5 Å². The van der Waals surface area contributed by atoms with Gasteiger partial charge in [-0.3, -0.25) is 4.79 Å². The molecule has 1 aliphatic rings. The second-order valence-corrected chi connectivity index (χ2v) is 4.87. The number of hydrogen-bond donors (Lipinski definition) is 0. The first-order valence-corrected chi connectivity index (χ1v) is 6.71. The van der Waals surface area contributed by atoms with Crippen molar-refractivity contribution in [3.63, 3.8) is 0 Å². The number of aromatic nitrogens is 1. The van der Waals surface area contributed by atoms with Crippen molar-refractivity contribution in [2.75, 3.05) is 13.4 Å². The van der Waals surface area contributed by atoms with Crippen molar-refractivity contribution in [3.05, 3.63) is 33.1 Å². The highest BCUT2D eigenvalue weighted by Gasteiger charge is 2.24. The molecule has 6 nitrogen and oxygen atoms in total. The van der Waals surface area contributed by atoms with Gasteiger partial charge in [0.05, 0.1) is 17.1 Å². The molecule has 3 rings (SSSR count). The van der Waals surface area contributed by atoms with Gasteiger partial charge in [0, 0.05) is 18.5 Å². The van der Waals surface area contributed by atoms with Crippen molar-refractivity contribution in [2.24, 2.45) is 7.05 Å². The predicted molar refractivity (Wildman–Crippen MR) is 76.3 cm³/mol. The largest absolute Gasteiger partial charge is 0.462 e. The highest BCUT2D eigenvalue weighted by Crippen LogP contribution is 2.38. The molecule has 7 heteroatoms. The van der Waals surface area contributed by atoms with Crippen LogP contribution < -0.4 is 15.0 Å². The van der Waals surface area contributed by atoms with Crippen molar-refractivity contribution in [1.29, 1.82) is 0 Å². The lowest BCUT2D eigenvalue weighted by Crippen LogP contribution is -2.26. The number of hydrogen-bond acceptors (Lipinski definition) is 5. The van der Waals surface area contributed by atoms with Crippen molar-refractivity contribution in [2.45, 2.75) is 6.92 Å². The summed E-state index contributed by atoms with van der Waals surface area (Å²) in [5.74, 6) is 0.331. The van der Waals surface area contributed by atoms with E-state index < -0.39 is 11.5 Å². The van der Waals surface area contributed by atoms with E-state index in [-0.39, 0.29) is 24.0 Å². The molecular formula is C14H12ClNO5. The lowest BCUT2D eigenvalue weighted by Gasteiger charge is -2.11. The van der Waals surface area contributed by atoms with E-state index in [1.807, 2.05) is 0 Å². The van der Waals surface area contributed by atoms with E-state index in [2.05, 4.69) is 0 Å². The Labute approximate surface area is 124 Å². The Bertz CT molecular complexity index is 811. The standard InChI is InChI=1S/C14H12ClNO5/c1-3-19-14(18)11-12(15)7-4-9-10(21-6-20-9)5-8(7)16(2)13(11)17/h4-5H,3,6H2,1-2H3. The number of carbonyl (C=O) groups excluding carboxylic acids is 1. The number of carbonyl (C=O) groups is 1. The van der Waals surface area contributed by atoms with Crippen molar-refractivity contribution in [3.8, 4) is 11.5 Å². The molecule has 0 fully saturated rings.